The van der Waals surface area contributed by atoms with Crippen molar-refractivity contribution in [3.63, 3.8) is 0 Å². The zero-order chi connectivity index (χ0) is 13.9. The van der Waals surface area contributed by atoms with Crippen LogP contribution in [0.1, 0.15) is 33.1 Å². The van der Waals surface area contributed by atoms with Crippen molar-refractivity contribution in [2.45, 2.75) is 57.2 Å². The number of carbonyl (C=O) groups is 1. The molecule has 2 atom stereocenters. The van der Waals surface area contributed by atoms with Crippen LogP contribution in [-0.4, -0.2) is 48.4 Å². The molecule has 18 heavy (non-hydrogen) atoms. The number of hydrogen-bond acceptors (Lipinski definition) is 3. The summed E-state index contributed by atoms with van der Waals surface area (Å²) in [5.41, 5.74) is 4.61. The van der Waals surface area contributed by atoms with Crippen LogP contribution in [0.15, 0.2) is 0 Å². The number of rotatable bonds is 8. The third-order valence-corrected chi connectivity index (χ3v) is 3.53. The summed E-state index contributed by atoms with van der Waals surface area (Å²) in [7, 11) is 1.63. The fourth-order valence-electron chi connectivity index (χ4n) is 2.05. The largest absolute Gasteiger partial charge is 0.368 e. The summed E-state index contributed by atoms with van der Waals surface area (Å²) in [5, 5.41) is 3.22. The van der Waals surface area contributed by atoms with Gasteiger partial charge in [0.1, 0.15) is 0 Å². The molecule has 0 bridgehead atoms. The minimum atomic E-state index is -2.37. The summed E-state index contributed by atoms with van der Waals surface area (Å²) in [5.74, 6) is -0.424. The Kier molecular flexibility index (Phi) is 5.04. The summed E-state index contributed by atoms with van der Waals surface area (Å²) in [6, 6.07) is 0.206. The van der Waals surface area contributed by atoms with E-state index in [1.165, 1.54) is 0 Å². The Labute approximate surface area is 107 Å². The van der Waals surface area contributed by atoms with Gasteiger partial charge in [-0.1, -0.05) is 0 Å². The Balaban J connectivity index is 2.56. The van der Waals surface area contributed by atoms with Gasteiger partial charge < -0.3 is 11.1 Å². The maximum absolute atomic E-state index is 12.3. The standard InChI is InChI=1S/C12H23F2N3O/c1-8(17(3)7-10(13)14)6-12(2,11(15)18)16-9-4-5-9/h8-10,16H,4-7H2,1-3H3,(H2,15,18). The molecule has 0 heterocycles. The third-order valence-electron chi connectivity index (χ3n) is 3.53. The number of hydrogen-bond donors (Lipinski definition) is 2. The van der Waals surface area contributed by atoms with E-state index in [1.54, 1.807) is 18.9 Å². The molecule has 0 aliphatic heterocycles. The van der Waals surface area contributed by atoms with Gasteiger partial charge in [0.2, 0.25) is 5.91 Å². The predicted octanol–water partition coefficient (Wildman–Crippen LogP) is 0.958. The molecule has 2 unspecified atom stereocenters. The normalized spacial score (nSPS) is 21.1. The first-order valence-corrected chi connectivity index (χ1v) is 6.30. The highest BCUT2D eigenvalue weighted by Gasteiger charge is 2.38. The lowest BCUT2D eigenvalue weighted by Gasteiger charge is -2.34. The Morgan fingerprint density at radius 2 is 2.11 bits per heavy atom. The summed E-state index contributed by atoms with van der Waals surface area (Å²) in [4.78, 5) is 13.1. The molecule has 1 fully saturated rings. The molecule has 1 amide bonds. The predicted molar refractivity (Wildman–Crippen MR) is 66.5 cm³/mol. The molecule has 1 aliphatic rings. The lowest BCUT2D eigenvalue weighted by atomic mass is 9.92. The average molecular weight is 263 g/mol. The zero-order valence-electron chi connectivity index (χ0n) is 11.2. The maximum Gasteiger partial charge on any atom is 0.251 e. The first-order chi connectivity index (χ1) is 8.24. The Morgan fingerprint density at radius 1 is 1.56 bits per heavy atom. The first-order valence-electron chi connectivity index (χ1n) is 6.30. The van der Waals surface area contributed by atoms with Gasteiger partial charge in [0.15, 0.2) is 0 Å². The van der Waals surface area contributed by atoms with Gasteiger partial charge in [-0.2, -0.15) is 0 Å². The van der Waals surface area contributed by atoms with Crippen molar-refractivity contribution in [1.82, 2.24) is 10.2 Å². The van der Waals surface area contributed by atoms with Crippen LogP contribution in [0.5, 0.6) is 0 Å². The Hall–Kier alpha value is -0.750. The second-order valence-corrected chi connectivity index (χ2v) is 5.50. The maximum atomic E-state index is 12.3. The SMILES string of the molecule is CC(CC(C)(NC1CC1)C(N)=O)N(C)CC(F)F. The highest BCUT2D eigenvalue weighted by Crippen LogP contribution is 2.25. The third kappa shape index (κ3) is 4.49. The van der Waals surface area contributed by atoms with E-state index in [4.69, 9.17) is 5.73 Å². The van der Waals surface area contributed by atoms with Crippen molar-refractivity contribution in [3.05, 3.63) is 0 Å². The number of nitrogens with one attached hydrogen (secondary N) is 1. The molecule has 0 aromatic carbocycles. The van der Waals surface area contributed by atoms with Crippen molar-refractivity contribution in [3.8, 4) is 0 Å². The van der Waals surface area contributed by atoms with Crippen LogP contribution in [-0.2, 0) is 4.79 Å². The van der Waals surface area contributed by atoms with E-state index >= 15 is 0 Å². The second kappa shape index (κ2) is 5.93. The number of amides is 1. The average Bonchev–Trinajstić information content (AvgIpc) is 2.99. The van der Waals surface area contributed by atoms with Crippen LogP contribution < -0.4 is 11.1 Å². The molecule has 0 radical (unpaired) electrons. The van der Waals surface area contributed by atoms with E-state index in [0.717, 1.165) is 12.8 Å². The molecule has 4 nitrogen and oxygen atoms in total. The topological polar surface area (TPSA) is 58.4 Å². The number of alkyl halides is 2. The van der Waals surface area contributed by atoms with E-state index in [9.17, 15) is 13.6 Å². The number of nitrogens with two attached hydrogens (primary N) is 1. The first kappa shape index (κ1) is 15.3. The molecule has 0 spiro atoms. The van der Waals surface area contributed by atoms with Gasteiger partial charge in [0.25, 0.3) is 6.43 Å². The molecule has 1 saturated carbocycles. The minimum absolute atomic E-state index is 0.136. The molecule has 0 aromatic heterocycles. The molecule has 106 valence electrons. The molecule has 1 aliphatic carbocycles. The van der Waals surface area contributed by atoms with E-state index in [-0.39, 0.29) is 12.6 Å². The van der Waals surface area contributed by atoms with E-state index < -0.39 is 17.9 Å². The van der Waals surface area contributed by atoms with Gasteiger partial charge in [-0.3, -0.25) is 9.69 Å². The quantitative estimate of drug-likeness (QED) is 0.685. The van der Waals surface area contributed by atoms with Gasteiger partial charge in [-0.25, -0.2) is 8.78 Å². The van der Waals surface area contributed by atoms with Crippen molar-refractivity contribution in [1.29, 1.82) is 0 Å². The molecular formula is C12H23F2N3O. The molecule has 0 aromatic rings. The van der Waals surface area contributed by atoms with Crippen LogP contribution in [0.4, 0.5) is 8.78 Å². The molecular weight excluding hydrogens is 240 g/mol. The highest BCUT2D eigenvalue weighted by molar-refractivity contribution is 5.84. The Bertz CT molecular complexity index is 297. The lowest BCUT2D eigenvalue weighted by molar-refractivity contribution is -0.124. The van der Waals surface area contributed by atoms with Crippen LogP contribution in [0.2, 0.25) is 0 Å². The van der Waals surface area contributed by atoms with Gasteiger partial charge in [0, 0.05) is 12.1 Å². The van der Waals surface area contributed by atoms with Gasteiger partial charge in [-0.15, -0.1) is 0 Å². The van der Waals surface area contributed by atoms with Gasteiger partial charge in [-0.05, 0) is 40.2 Å². The van der Waals surface area contributed by atoms with Crippen LogP contribution in [0, 0.1) is 0 Å². The van der Waals surface area contributed by atoms with Gasteiger partial charge in [0.05, 0.1) is 12.1 Å². The molecule has 0 saturated heterocycles. The van der Waals surface area contributed by atoms with Gasteiger partial charge >= 0.3 is 0 Å². The number of halogens is 2. The highest BCUT2D eigenvalue weighted by atomic mass is 19.3. The summed E-state index contributed by atoms with van der Waals surface area (Å²) in [6.07, 6.45) is 0.157. The van der Waals surface area contributed by atoms with Crippen molar-refractivity contribution < 1.29 is 13.6 Å². The summed E-state index contributed by atoms with van der Waals surface area (Å²) < 4.78 is 24.6. The van der Waals surface area contributed by atoms with Crippen molar-refractivity contribution in [2.24, 2.45) is 5.73 Å². The summed E-state index contributed by atoms with van der Waals surface area (Å²) in [6.45, 7) is 3.29. The van der Waals surface area contributed by atoms with Crippen molar-refractivity contribution in [2.75, 3.05) is 13.6 Å². The summed E-state index contributed by atoms with van der Waals surface area (Å²) >= 11 is 0. The molecule has 1 rings (SSSR count). The van der Waals surface area contributed by atoms with Crippen molar-refractivity contribution >= 4 is 5.91 Å². The minimum Gasteiger partial charge on any atom is -0.368 e. The van der Waals surface area contributed by atoms with Crippen LogP contribution in [0.3, 0.4) is 0 Å². The smallest absolute Gasteiger partial charge is 0.251 e. The number of carbonyl (C=O) groups excluding carboxylic acids is 1. The monoisotopic (exact) mass is 263 g/mol. The van der Waals surface area contributed by atoms with E-state index in [0.29, 0.717) is 12.5 Å². The second-order valence-electron chi connectivity index (χ2n) is 5.50. The van der Waals surface area contributed by atoms with Crippen LogP contribution in [0.25, 0.3) is 0 Å². The van der Waals surface area contributed by atoms with Crippen LogP contribution >= 0.6 is 0 Å². The molecule has 3 N–H and O–H groups in total. The number of primary amides is 1. The molecule has 6 heteroatoms. The Morgan fingerprint density at radius 3 is 2.50 bits per heavy atom. The number of nitrogens with zero attached hydrogens (tertiary/aromatic N) is 1. The van der Waals surface area contributed by atoms with E-state index in [2.05, 4.69) is 5.32 Å². The van der Waals surface area contributed by atoms with E-state index in [1.807, 2.05) is 6.92 Å². The lowest BCUT2D eigenvalue weighted by Crippen LogP contribution is -2.57. The zero-order valence-corrected chi connectivity index (χ0v) is 11.2. The fourth-order valence-corrected chi connectivity index (χ4v) is 2.05. The fraction of sp³-hybridized carbons (Fsp3) is 0.917.